The quantitative estimate of drug-likeness (QED) is 0.721. The fraction of sp³-hybridized carbons (Fsp3) is 0.667. The smallest absolute Gasteiger partial charge is 0.220 e. The van der Waals surface area contributed by atoms with Crippen molar-refractivity contribution in [2.75, 3.05) is 13.1 Å². The van der Waals surface area contributed by atoms with Crippen LogP contribution in [0.3, 0.4) is 0 Å². The Morgan fingerprint density at radius 1 is 1.37 bits per heavy atom. The van der Waals surface area contributed by atoms with Gasteiger partial charge in [0.05, 0.1) is 10.7 Å². The zero-order valence-electron chi connectivity index (χ0n) is 11.2. The van der Waals surface area contributed by atoms with E-state index in [4.69, 9.17) is 5.73 Å². The Morgan fingerprint density at radius 3 is 2.68 bits per heavy atom. The van der Waals surface area contributed by atoms with Gasteiger partial charge in [-0.25, -0.2) is 4.98 Å². The number of unbranched alkanes of at least 4 members (excludes halogenated alkanes) is 1. The topological polar surface area (TPSA) is 68.0 Å². The van der Waals surface area contributed by atoms with Gasteiger partial charge < -0.3 is 11.1 Å². The summed E-state index contributed by atoms with van der Waals surface area (Å²) in [6.45, 7) is 3.43. The van der Waals surface area contributed by atoms with Gasteiger partial charge >= 0.3 is 0 Å². The number of halogens is 2. The summed E-state index contributed by atoms with van der Waals surface area (Å²) < 4.78 is 0. The van der Waals surface area contributed by atoms with Crippen molar-refractivity contribution in [1.82, 2.24) is 10.3 Å². The van der Waals surface area contributed by atoms with Crippen molar-refractivity contribution in [3.8, 4) is 0 Å². The molecule has 1 amide bonds. The average molecular weight is 328 g/mol. The largest absolute Gasteiger partial charge is 0.356 e. The third-order valence-electron chi connectivity index (χ3n) is 2.46. The molecule has 19 heavy (non-hydrogen) atoms. The zero-order chi connectivity index (χ0) is 12.5. The fourth-order valence-electron chi connectivity index (χ4n) is 1.54. The van der Waals surface area contributed by atoms with Crippen molar-refractivity contribution in [2.45, 2.75) is 39.0 Å². The molecule has 1 aromatic heterocycles. The van der Waals surface area contributed by atoms with Gasteiger partial charge in [-0.2, -0.15) is 0 Å². The number of nitrogens with zero attached hydrogens (tertiary/aromatic N) is 1. The Hall–Kier alpha value is -0.360. The molecule has 0 saturated carbocycles. The number of nitrogens with one attached hydrogen (secondary N) is 1. The Balaban J connectivity index is 0. The molecule has 0 saturated heterocycles. The summed E-state index contributed by atoms with van der Waals surface area (Å²) in [5, 5.41) is 6.05. The summed E-state index contributed by atoms with van der Waals surface area (Å²) in [4.78, 5) is 15.8. The number of aromatic nitrogens is 1. The van der Waals surface area contributed by atoms with E-state index in [9.17, 15) is 4.79 Å². The summed E-state index contributed by atoms with van der Waals surface area (Å²) in [5.74, 6) is 0.133. The maximum Gasteiger partial charge on any atom is 0.220 e. The molecule has 0 aromatic carbocycles. The van der Waals surface area contributed by atoms with Crippen LogP contribution < -0.4 is 11.1 Å². The number of hydrogen-bond donors (Lipinski definition) is 2. The number of hydrogen-bond acceptors (Lipinski definition) is 4. The van der Waals surface area contributed by atoms with Crippen molar-refractivity contribution < 1.29 is 4.79 Å². The first-order chi connectivity index (χ1) is 8.22. The van der Waals surface area contributed by atoms with Crippen molar-refractivity contribution in [3.63, 3.8) is 0 Å². The number of nitrogens with two attached hydrogens (primary N) is 1. The molecule has 7 heteroatoms. The third-order valence-corrected chi connectivity index (χ3v) is 3.28. The lowest BCUT2D eigenvalue weighted by Gasteiger charge is -2.03. The number of carbonyl (C=O) groups is 1. The number of aryl methyl sites for hydroxylation is 2. The van der Waals surface area contributed by atoms with Crippen LogP contribution in [0.25, 0.3) is 0 Å². The van der Waals surface area contributed by atoms with E-state index < -0.39 is 0 Å². The highest BCUT2D eigenvalue weighted by atomic mass is 35.5. The summed E-state index contributed by atoms with van der Waals surface area (Å²) in [7, 11) is 0. The molecular formula is C12H23Cl2N3OS. The highest BCUT2D eigenvalue weighted by Crippen LogP contribution is 2.10. The van der Waals surface area contributed by atoms with Gasteiger partial charge in [-0.3, -0.25) is 4.79 Å². The number of rotatable bonds is 8. The molecular weight excluding hydrogens is 305 g/mol. The van der Waals surface area contributed by atoms with Gasteiger partial charge in [-0.05, 0) is 39.2 Å². The van der Waals surface area contributed by atoms with Crippen LogP contribution in [0.1, 0.15) is 36.4 Å². The number of thiazole rings is 1. The van der Waals surface area contributed by atoms with Crippen LogP contribution >= 0.6 is 36.2 Å². The summed E-state index contributed by atoms with van der Waals surface area (Å²) in [5.41, 5.74) is 6.47. The molecule has 0 radical (unpaired) electrons. The monoisotopic (exact) mass is 327 g/mol. The van der Waals surface area contributed by atoms with Crippen LogP contribution in [-0.4, -0.2) is 24.0 Å². The molecule has 1 heterocycles. The molecule has 0 bridgehead atoms. The maximum absolute atomic E-state index is 11.4. The van der Waals surface area contributed by atoms with Crippen LogP contribution in [-0.2, 0) is 11.2 Å². The van der Waals surface area contributed by atoms with E-state index in [1.807, 2.05) is 6.92 Å². The highest BCUT2D eigenvalue weighted by Gasteiger charge is 2.02. The molecule has 1 rings (SSSR count). The molecule has 0 aliphatic heterocycles. The minimum Gasteiger partial charge on any atom is -0.356 e. The van der Waals surface area contributed by atoms with Gasteiger partial charge in [0.15, 0.2) is 0 Å². The lowest BCUT2D eigenvalue weighted by Crippen LogP contribution is -2.24. The second-order valence-electron chi connectivity index (χ2n) is 4.06. The lowest BCUT2D eigenvalue weighted by molar-refractivity contribution is -0.121. The highest BCUT2D eigenvalue weighted by molar-refractivity contribution is 7.09. The van der Waals surface area contributed by atoms with E-state index in [0.29, 0.717) is 13.0 Å². The van der Waals surface area contributed by atoms with Crippen LogP contribution in [0, 0.1) is 6.92 Å². The lowest BCUT2D eigenvalue weighted by atomic mass is 10.2. The Kier molecular flexibility index (Phi) is 14.0. The van der Waals surface area contributed by atoms with Gasteiger partial charge in [-0.1, -0.05) is 0 Å². The molecule has 4 nitrogen and oxygen atoms in total. The molecule has 0 atom stereocenters. The molecule has 0 aliphatic rings. The SMILES string of the molecule is Cc1nc(CCCC(=O)NCCCCN)cs1.Cl.Cl. The van der Waals surface area contributed by atoms with E-state index in [1.165, 1.54) is 0 Å². The van der Waals surface area contributed by atoms with Crippen LogP contribution in [0.2, 0.25) is 0 Å². The first-order valence-electron chi connectivity index (χ1n) is 6.10. The summed E-state index contributed by atoms with van der Waals surface area (Å²) in [6, 6.07) is 0. The normalized spacial score (nSPS) is 9.37. The number of amides is 1. The van der Waals surface area contributed by atoms with Crippen molar-refractivity contribution >= 4 is 42.1 Å². The van der Waals surface area contributed by atoms with E-state index in [1.54, 1.807) is 11.3 Å². The molecule has 112 valence electrons. The first-order valence-corrected chi connectivity index (χ1v) is 6.98. The van der Waals surface area contributed by atoms with Crippen LogP contribution in [0.4, 0.5) is 0 Å². The van der Waals surface area contributed by atoms with E-state index in [-0.39, 0.29) is 30.7 Å². The molecule has 0 spiro atoms. The van der Waals surface area contributed by atoms with Gasteiger partial charge in [-0.15, -0.1) is 36.2 Å². The van der Waals surface area contributed by atoms with Crippen molar-refractivity contribution in [2.24, 2.45) is 5.73 Å². The third kappa shape index (κ3) is 10.1. The van der Waals surface area contributed by atoms with Crippen LogP contribution in [0.5, 0.6) is 0 Å². The molecule has 1 aromatic rings. The van der Waals surface area contributed by atoms with Crippen LogP contribution in [0.15, 0.2) is 5.38 Å². The predicted molar refractivity (Wildman–Crippen MR) is 85.6 cm³/mol. The minimum atomic E-state index is 0. The number of carbonyl (C=O) groups excluding carboxylic acids is 1. The minimum absolute atomic E-state index is 0. The van der Waals surface area contributed by atoms with Gasteiger partial charge in [0.2, 0.25) is 5.91 Å². The second kappa shape index (κ2) is 12.7. The molecule has 0 unspecified atom stereocenters. The summed E-state index contributed by atoms with van der Waals surface area (Å²) >= 11 is 1.66. The first kappa shape index (κ1) is 20.9. The fourth-order valence-corrected chi connectivity index (χ4v) is 2.19. The zero-order valence-corrected chi connectivity index (χ0v) is 13.6. The average Bonchev–Trinajstić information content (AvgIpc) is 2.71. The van der Waals surface area contributed by atoms with Gasteiger partial charge in [0.1, 0.15) is 0 Å². The Morgan fingerprint density at radius 2 is 2.11 bits per heavy atom. The van der Waals surface area contributed by atoms with E-state index in [2.05, 4.69) is 15.7 Å². The second-order valence-corrected chi connectivity index (χ2v) is 5.12. The predicted octanol–water partition coefficient (Wildman–Crippen LogP) is 2.47. The molecule has 0 fully saturated rings. The van der Waals surface area contributed by atoms with Crippen molar-refractivity contribution in [1.29, 1.82) is 0 Å². The standard InChI is InChI=1S/C12H21N3OS.2ClH/c1-10-15-11(9-17-10)5-4-6-12(16)14-8-3-2-7-13;;/h9H,2-8,13H2,1H3,(H,14,16);2*1H. The van der Waals surface area contributed by atoms with Gasteiger partial charge in [0.25, 0.3) is 0 Å². The molecule has 0 aliphatic carbocycles. The Bertz CT molecular complexity index is 347. The maximum atomic E-state index is 11.4. The van der Waals surface area contributed by atoms with E-state index >= 15 is 0 Å². The summed E-state index contributed by atoms with van der Waals surface area (Å²) in [6.07, 6.45) is 4.28. The Labute approximate surface area is 131 Å². The van der Waals surface area contributed by atoms with Crippen molar-refractivity contribution in [3.05, 3.63) is 16.1 Å². The van der Waals surface area contributed by atoms with Gasteiger partial charge in [0, 0.05) is 18.3 Å². The molecule has 3 N–H and O–H groups in total. The van der Waals surface area contributed by atoms with E-state index in [0.717, 1.165) is 42.9 Å².